The number of rotatable bonds is 3. The second-order valence-electron chi connectivity index (χ2n) is 5.58. The van der Waals surface area contributed by atoms with E-state index in [0.717, 1.165) is 33.3 Å². The molecule has 0 unspecified atom stereocenters. The molecule has 5 heteroatoms. The van der Waals surface area contributed by atoms with E-state index in [4.69, 9.17) is 0 Å². The van der Waals surface area contributed by atoms with Crippen LogP contribution in [0.5, 0.6) is 5.75 Å². The number of aromatic hydroxyl groups is 1. The number of nitrogens with zero attached hydrogens (tertiary/aromatic N) is 3. The van der Waals surface area contributed by atoms with Crippen LogP contribution in [0.2, 0.25) is 0 Å². The molecular formula is C19H15N3O2. The normalized spacial score (nSPS) is 11.0. The van der Waals surface area contributed by atoms with Gasteiger partial charge in [0.05, 0.1) is 18.5 Å². The van der Waals surface area contributed by atoms with E-state index in [2.05, 4.69) is 10.3 Å². The Morgan fingerprint density at radius 3 is 2.58 bits per heavy atom. The van der Waals surface area contributed by atoms with E-state index in [-0.39, 0.29) is 12.4 Å². The van der Waals surface area contributed by atoms with Crippen molar-refractivity contribution in [3.63, 3.8) is 0 Å². The fourth-order valence-corrected chi connectivity index (χ4v) is 2.77. The van der Waals surface area contributed by atoms with Crippen molar-refractivity contribution in [1.82, 2.24) is 15.0 Å². The lowest BCUT2D eigenvalue weighted by Crippen LogP contribution is -2.00. The third-order valence-corrected chi connectivity index (χ3v) is 4.02. The van der Waals surface area contributed by atoms with Gasteiger partial charge in [0.15, 0.2) is 0 Å². The van der Waals surface area contributed by atoms with Crippen molar-refractivity contribution in [2.75, 3.05) is 0 Å². The highest BCUT2D eigenvalue weighted by Crippen LogP contribution is 2.26. The van der Waals surface area contributed by atoms with Crippen LogP contribution in [0.3, 0.4) is 0 Å². The zero-order valence-electron chi connectivity index (χ0n) is 12.8. The number of phenols is 1. The molecule has 0 atom stereocenters. The van der Waals surface area contributed by atoms with E-state index in [0.29, 0.717) is 0 Å². The first-order valence-corrected chi connectivity index (χ1v) is 7.59. The van der Waals surface area contributed by atoms with Gasteiger partial charge < -0.3 is 10.2 Å². The summed E-state index contributed by atoms with van der Waals surface area (Å²) in [5, 5.41) is 29.4. The molecule has 1 aromatic heterocycles. The smallest absolute Gasteiger partial charge is 0.116 e. The van der Waals surface area contributed by atoms with Gasteiger partial charge in [0, 0.05) is 11.1 Å². The monoisotopic (exact) mass is 317 g/mol. The van der Waals surface area contributed by atoms with Crippen molar-refractivity contribution in [3.8, 4) is 22.7 Å². The summed E-state index contributed by atoms with van der Waals surface area (Å²) in [6, 6.07) is 18.7. The second kappa shape index (κ2) is 5.79. The Labute approximate surface area is 138 Å². The number of para-hydroxylation sites is 1. The number of aliphatic hydroxyl groups is 1. The minimum atomic E-state index is -0.0508. The summed E-state index contributed by atoms with van der Waals surface area (Å²) < 4.78 is 1.67. The van der Waals surface area contributed by atoms with Crippen LogP contribution in [-0.4, -0.2) is 25.2 Å². The van der Waals surface area contributed by atoms with Gasteiger partial charge in [-0.2, -0.15) is 0 Å². The highest BCUT2D eigenvalue weighted by atomic mass is 16.3. The molecule has 4 rings (SSSR count). The zero-order chi connectivity index (χ0) is 16.5. The fourth-order valence-electron chi connectivity index (χ4n) is 2.77. The Bertz CT molecular complexity index is 1020. The zero-order valence-corrected chi connectivity index (χ0v) is 12.8. The van der Waals surface area contributed by atoms with Gasteiger partial charge in [-0.25, -0.2) is 4.68 Å². The third kappa shape index (κ3) is 2.51. The van der Waals surface area contributed by atoms with Gasteiger partial charge in [-0.15, -0.1) is 5.10 Å². The fraction of sp³-hybridized carbons (Fsp3) is 0.0526. The van der Waals surface area contributed by atoms with Gasteiger partial charge in [-0.3, -0.25) is 0 Å². The number of fused-ring (bicyclic) bond motifs is 1. The van der Waals surface area contributed by atoms with E-state index < -0.39 is 0 Å². The topological polar surface area (TPSA) is 71.2 Å². The summed E-state index contributed by atoms with van der Waals surface area (Å²) in [5.41, 5.74) is 3.30. The van der Waals surface area contributed by atoms with Crippen molar-refractivity contribution in [2.24, 2.45) is 0 Å². The van der Waals surface area contributed by atoms with Crippen molar-refractivity contribution >= 4 is 10.8 Å². The van der Waals surface area contributed by atoms with Gasteiger partial charge in [-0.05, 0) is 35.0 Å². The minimum Gasteiger partial charge on any atom is -0.508 e. The maximum absolute atomic E-state index is 9.55. The van der Waals surface area contributed by atoms with E-state index >= 15 is 0 Å². The van der Waals surface area contributed by atoms with E-state index in [1.807, 2.05) is 54.7 Å². The Morgan fingerprint density at radius 1 is 0.917 bits per heavy atom. The maximum atomic E-state index is 9.55. The molecule has 0 radical (unpaired) electrons. The Morgan fingerprint density at radius 2 is 1.71 bits per heavy atom. The number of benzene rings is 3. The van der Waals surface area contributed by atoms with Crippen molar-refractivity contribution in [2.45, 2.75) is 6.61 Å². The standard InChI is InChI=1S/C19H15N3O2/c23-12-16-3-1-2-4-19(16)22-11-18(20-21-22)15-6-5-14-10-17(24)8-7-13(14)9-15/h1-11,23-24H,12H2. The van der Waals surface area contributed by atoms with Gasteiger partial charge in [-0.1, -0.05) is 41.6 Å². The highest BCUT2D eigenvalue weighted by Gasteiger charge is 2.09. The Balaban J connectivity index is 1.76. The SMILES string of the molecule is OCc1ccccc1-n1cc(-c2ccc3cc(O)ccc3c2)nn1. The molecule has 0 saturated carbocycles. The average Bonchev–Trinajstić information content (AvgIpc) is 3.11. The van der Waals surface area contributed by atoms with Gasteiger partial charge in [0.2, 0.25) is 0 Å². The van der Waals surface area contributed by atoms with Gasteiger partial charge in [0.25, 0.3) is 0 Å². The number of aromatic nitrogens is 3. The lowest BCUT2D eigenvalue weighted by atomic mass is 10.1. The molecule has 118 valence electrons. The minimum absolute atomic E-state index is 0.0508. The van der Waals surface area contributed by atoms with Crippen LogP contribution in [0.15, 0.2) is 66.9 Å². The first kappa shape index (κ1) is 14.4. The molecule has 0 bridgehead atoms. The average molecular weight is 317 g/mol. The van der Waals surface area contributed by atoms with Crippen LogP contribution in [-0.2, 0) is 6.61 Å². The first-order chi connectivity index (χ1) is 11.7. The molecule has 0 saturated heterocycles. The second-order valence-corrected chi connectivity index (χ2v) is 5.58. The van der Waals surface area contributed by atoms with E-state index in [1.54, 1.807) is 16.8 Å². The van der Waals surface area contributed by atoms with Crippen LogP contribution in [0.4, 0.5) is 0 Å². The van der Waals surface area contributed by atoms with Crippen molar-refractivity contribution in [1.29, 1.82) is 0 Å². The van der Waals surface area contributed by atoms with Crippen molar-refractivity contribution < 1.29 is 10.2 Å². The van der Waals surface area contributed by atoms with Crippen LogP contribution >= 0.6 is 0 Å². The molecule has 0 aliphatic carbocycles. The summed E-state index contributed by atoms with van der Waals surface area (Å²) in [5.74, 6) is 0.252. The predicted octanol–water partition coefficient (Wildman–Crippen LogP) is 3.29. The van der Waals surface area contributed by atoms with Crippen LogP contribution in [0, 0.1) is 0 Å². The molecule has 24 heavy (non-hydrogen) atoms. The molecule has 4 aromatic rings. The highest BCUT2D eigenvalue weighted by molar-refractivity contribution is 5.87. The number of hydrogen-bond acceptors (Lipinski definition) is 4. The van der Waals surface area contributed by atoms with E-state index in [1.165, 1.54) is 0 Å². The molecule has 0 amide bonds. The van der Waals surface area contributed by atoms with Gasteiger partial charge in [0.1, 0.15) is 11.4 Å². The lowest BCUT2D eigenvalue weighted by Gasteiger charge is -2.05. The number of phenolic OH excluding ortho intramolecular Hbond substituents is 1. The summed E-state index contributed by atoms with van der Waals surface area (Å²) >= 11 is 0. The predicted molar refractivity (Wildman–Crippen MR) is 91.9 cm³/mol. The molecule has 1 heterocycles. The molecule has 5 nitrogen and oxygen atoms in total. The molecule has 0 aliphatic heterocycles. The number of aliphatic hydroxyl groups excluding tert-OH is 1. The summed E-state index contributed by atoms with van der Waals surface area (Å²) in [6.45, 7) is -0.0508. The third-order valence-electron chi connectivity index (χ3n) is 4.02. The summed E-state index contributed by atoms with van der Waals surface area (Å²) in [4.78, 5) is 0. The first-order valence-electron chi connectivity index (χ1n) is 7.59. The molecule has 3 aromatic carbocycles. The number of hydrogen-bond donors (Lipinski definition) is 2. The molecule has 0 spiro atoms. The molecule has 0 fully saturated rings. The Hall–Kier alpha value is -3.18. The molecular weight excluding hydrogens is 302 g/mol. The lowest BCUT2D eigenvalue weighted by molar-refractivity contribution is 0.281. The molecule has 2 N–H and O–H groups in total. The summed E-state index contributed by atoms with van der Waals surface area (Å²) in [7, 11) is 0. The van der Waals surface area contributed by atoms with E-state index in [9.17, 15) is 10.2 Å². The maximum Gasteiger partial charge on any atom is 0.116 e. The quantitative estimate of drug-likeness (QED) is 0.608. The summed E-state index contributed by atoms with van der Waals surface area (Å²) in [6.07, 6.45) is 1.84. The molecule has 0 aliphatic rings. The largest absolute Gasteiger partial charge is 0.508 e. The van der Waals surface area contributed by atoms with Crippen LogP contribution in [0.1, 0.15) is 5.56 Å². The van der Waals surface area contributed by atoms with Crippen LogP contribution < -0.4 is 0 Å². The van der Waals surface area contributed by atoms with Crippen LogP contribution in [0.25, 0.3) is 27.7 Å². The Kier molecular flexibility index (Phi) is 3.48. The van der Waals surface area contributed by atoms with Crippen molar-refractivity contribution in [3.05, 3.63) is 72.4 Å². The van der Waals surface area contributed by atoms with Gasteiger partial charge >= 0.3 is 0 Å².